The monoisotopic (exact) mass is 301 g/mol. The van der Waals surface area contributed by atoms with E-state index < -0.39 is 0 Å². The van der Waals surface area contributed by atoms with Gasteiger partial charge in [-0.1, -0.05) is 36.4 Å². The van der Waals surface area contributed by atoms with Crippen molar-refractivity contribution in [1.82, 2.24) is 5.32 Å². The Hall–Kier alpha value is -2.78. The predicted molar refractivity (Wildman–Crippen MR) is 89.7 cm³/mol. The Labute approximate surface area is 137 Å². The Balaban J connectivity index is 1.77. The molecular weight excluding hydrogens is 282 g/mol. The standard InChI is InChI=1S/C20H19N3/c21-12-19(13-22)17-7-6-16-8-9-20(11-18(16)10-17)23-14-15-4-2-1-3-5-15/h1-5,10-11,16,23H,6-9,14H2/t16-/m0/s1. The van der Waals surface area contributed by atoms with E-state index in [1.54, 1.807) is 0 Å². The van der Waals surface area contributed by atoms with Crippen molar-refractivity contribution >= 4 is 0 Å². The maximum Gasteiger partial charge on any atom is 0.132 e. The first-order chi connectivity index (χ1) is 11.3. The molecule has 1 atom stereocenters. The minimum Gasteiger partial charge on any atom is -0.384 e. The molecular formula is C20H19N3. The molecule has 114 valence electrons. The van der Waals surface area contributed by atoms with Crippen molar-refractivity contribution in [2.24, 2.45) is 5.92 Å². The van der Waals surface area contributed by atoms with Gasteiger partial charge in [-0.2, -0.15) is 10.5 Å². The van der Waals surface area contributed by atoms with Gasteiger partial charge in [-0.25, -0.2) is 0 Å². The number of allylic oxidation sites excluding steroid dienone is 6. The molecule has 0 amide bonds. The topological polar surface area (TPSA) is 59.6 Å². The molecule has 1 aromatic carbocycles. The normalized spacial score (nSPS) is 19.6. The molecule has 1 N–H and O–H groups in total. The summed E-state index contributed by atoms with van der Waals surface area (Å²) in [7, 11) is 0. The fraction of sp³-hybridized carbons (Fsp3) is 0.300. The van der Waals surface area contributed by atoms with E-state index in [2.05, 4.69) is 29.6 Å². The molecule has 23 heavy (non-hydrogen) atoms. The summed E-state index contributed by atoms with van der Waals surface area (Å²) in [5, 5.41) is 21.6. The summed E-state index contributed by atoms with van der Waals surface area (Å²) < 4.78 is 0. The van der Waals surface area contributed by atoms with E-state index in [1.807, 2.05) is 30.3 Å². The van der Waals surface area contributed by atoms with Crippen LogP contribution in [0.1, 0.15) is 31.2 Å². The van der Waals surface area contributed by atoms with E-state index in [4.69, 9.17) is 10.5 Å². The van der Waals surface area contributed by atoms with Crippen molar-refractivity contribution in [1.29, 1.82) is 10.5 Å². The maximum absolute atomic E-state index is 9.05. The van der Waals surface area contributed by atoms with E-state index >= 15 is 0 Å². The maximum atomic E-state index is 9.05. The van der Waals surface area contributed by atoms with Gasteiger partial charge < -0.3 is 5.32 Å². The molecule has 1 aromatic rings. The molecule has 0 saturated carbocycles. The van der Waals surface area contributed by atoms with Crippen LogP contribution in [0.5, 0.6) is 0 Å². The first-order valence-electron chi connectivity index (χ1n) is 8.03. The summed E-state index contributed by atoms with van der Waals surface area (Å²) in [5.74, 6) is 0.569. The summed E-state index contributed by atoms with van der Waals surface area (Å²) in [6.07, 6.45) is 8.35. The molecule has 0 bridgehead atoms. The third-order valence-corrected chi connectivity index (χ3v) is 4.58. The molecule has 3 heteroatoms. The molecule has 3 nitrogen and oxygen atoms in total. The number of rotatable bonds is 3. The highest BCUT2D eigenvalue weighted by Gasteiger charge is 2.24. The number of nitrogens with zero attached hydrogens (tertiary/aromatic N) is 2. The van der Waals surface area contributed by atoms with Crippen LogP contribution in [0.3, 0.4) is 0 Å². The average Bonchev–Trinajstić information content (AvgIpc) is 2.61. The second-order valence-electron chi connectivity index (χ2n) is 6.05. The summed E-state index contributed by atoms with van der Waals surface area (Å²) in [6, 6.07) is 14.4. The zero-order valence-electron chi connectivity index (χ0n) is 13.0. The Bertz CT molecular complexity index is 738. The van der Waals surface area contributed by atoms with Gasteiger partial charge in [0.25, 0.3) is 0 Å². The Morgan fingerprint density at radius 2 is 1.78 bits per heavy atom. The minimum absolute atomic E-state index is 0.258. The molecule has 0 unspecified atom stereocenters. The summed E-state index contributed by atoms with van der Waals surface area (Å²) in [4.78, 5) is 0. The SMILES string of the molecule is N#CC(C#N)=C1C=C2C=C(NCc3ccccc3)CC[C@@H]2CC1. The first kappa shape index (κ1) is 15.1. The van der Waals surface area contributed by atoms with Gasteiger partial charge in [0.05, 0.1) is 0 Å². The van der Waals surface area contributed by atoms with Crippen molar-refractivity contribution in [2.75, 3.05) is 0 Å². The van der Waals surface area contributed by atoms with E-state index in [1.165, 1.54) is 16.8 Å². The molecule has 0 radical (unpaired) electrons. The number of nitriles is 2. The van der Waals surface area contributed by atoms with Gasteiger partial charge in [0.15, 0.2) is 0 Å². The summed E-state index contributed by atoms with van der Waals surface area (Å²) >= 11 is 0. The Morgan fingerprint density at radius 3 is 2.52 bits per heavy atom. The smallest absolute Gasteiger partial charge is 0.132 e. The molecule has 0 fully saturated rings. The van der Waals surface area contributed by atoms with Gasteiger partial charge in [0.1, 0.15) is 17.7 Å². The first-order valence-corrected chi connectivity index (χ1v) is 8.03. The molecule has 0 aromatic heterocycles. The van der Waals surface area contributed by atoms with Crippen molar-refractivity contribution < 1.29 is 0 Å². The van der Waals surface area contributed by atoms with Gasteiger partial charge in [-0.15, -0.1) is 0 Å². The highest BCUT2D eigenvalue weighted by Crippen LogP contribution is 2.37. The van der Waals surface area contributed by atoms with Crippen molar-refractivity contribution in [2.45, 2.75) is 32.2 Å². The average molecular weight is 301 g/mol. The van der Waals surface area contributed by atoms with Crippen LogP contribution in [0.25, 0.3) is 0 Å². The van der Waals surface area contributed by atoms with Gasteiger partial charge in [0.2, 0.25) is 0 Å². The van der Waals surface area contributed by atoms with Crippen LogP contribution in [-0.2, 0) is 6.54 Å². The highest BCUT2D eigenvalue weighted by molar-refractivity contribution is 5.49. The van der Waals surface area contributed by atoms with Crippen LogP contribution in [0.15, 0.2) is 64.9 Å². The van der Waals surface area contributed by atoms with E-state index in [0.717, 1.165) is 37.8 Å². The molecule has 3 rings (SSSR count). The van der Waals surface area contributed by atoms with Crippen LogP contribution in [0.2, 0.25) is 0 Å². The van der Waals surface area contributed by atoms with Crippen LogP contribution < -0.4 is 5.32 Å². The molecule has 2 aliphatic carbocycles. The number of hydrogen-bond donors (Lipinski definition) is 1. The van der Waals surface area contributed by atoms with Gasteiger partial charge in [-0.05, 0) is 54.4 Å². The zero-order valence-corrected chi connectivity index (χ0v) is 13.0. The number of nitrogens with one attached hydrogen (secondary N) is 1. The number of fused-ring (bicyclic) bond motifs is 1. The van der Waals surface area contributed by atoms with Crippen molar-refractivity contribution in [3.63, 3.8) is 0 Å². The Kier molecular flexibility index (Phi) is 4.60. The third kappa shape index (κ3) is 3.52. The predicted octanol–water partition coefficient (Wildman–Crippen LogP) is 4.13. The van der Waals surface area contributed by atoms with E-state index in [-0.39, 0.29) is 5.57 Å². The van der Waals surface area contributed by atoms with Crippen molar-refractivity contribution in [3.05, 3.63) is 70.5 Å². The quantitative estimate of drug-likeness (QED) is 0.854. The molecule has 0 heterocycles. The molecule has 0 aliphatic heterocycles. The zero-order chi connectivity index (χ0) is 16.1. The second-order valence-corrected chi connectivity index (χ2v) is 6.05. The lowest BCUT2D eigenvalue weighted by atomic mass is 9.78. The third-order valence-electron chi connectivity index (χ3n) is 4.58. The highest BCUT2D eigenvalue weighted by atomic mass is 14.9. The van der Waals surface area contributed by atoms with E-state index in [0.29, 0.717) is 5.92 Å². The molecule has 2 aliphatic rings. The fourth-order valence-corrected chi connectivity index (χ4v) is 3.28. The largest absolute Gasteiger partial charge is 0.384 e. The Morgan fingerprint density at radius 1 is 1.04 bits per heavy atom. The lowest BCUT2D eigenvalue weighted by Crippen LogP contribution is -2.20. The second kappa shape index (κ2) is 6.99. The van der Waals surface area contributed by atoms with Crippen LogP contribution >= 0.6 is 0 Å². The van der Waals surface area contributed by atoms with Crippen LogP contribution in [-0.4, -0.2) is 0 Å². The number of benzene rings is 1. The lowest BCUT2D eigenvalue weighted by Gasteiger charge is -2.29. The summed E-state index contributed by atoms with van der Waals surface area (Å²) in [5.41, 5.74) is 4.92. The van der Waals surface area contributed by atoms with Gasteiger partial charge in [0, 0.05) is 12.2 Å². The molecule has 0 saturated heterocycles. The number of hydrogen-bond acceptors (Lipinski definition) is 3. The van der Waals surface area contributed by atoms with Crippen molar-refractivity contribution in [3.8, 4) is 12.1 Å². The van der Waals surface area contributed by atoms with Crippen LogP contribution in [0, 0.1) is 28.6 Å². The van der Waals surface area contributed by atoms with Gasteiger partial charge in [-0.3, -0.25) is 0 Å². The lowest BCUT2D eigenvalue weighted by molar-refractivity contribution is 0.486. The van der Waals surface area contributed by atoms with E-state index in [9.17, 15) is 0 Å². The molecule has 0 spiro atoms. The van der Waals surface area contributed by atoms with Gasteiger partial charge >= 0.3 is 0 Å². The summed E-state index contributed by atoms with van der Waals surface area (Å²) in [6.45, 7) is 0.828. The fourth-order valence-electron chi connectivity index (χ4n) is 3.28. The minimum atomic E-state index is 0.258. The van der Waals surface area contributed by atoms with Crippen LogP contribution in [0.4, 0.5) is 0 Å².